The van der Waals surface area contributed by atoms with Crippen molar-refractivity contribution in [1.82, 2.24) is 9.55 Å². The average molecular weight is 168 g/mol. The Balaban J connectivity index is 2.37. The molecule has 1 aliphatic heterocycles. The van der Waals surface area contributed by atoms with E-state index in [9.17, 15) is 4.39 Å². The maximum absolute atomic E-state index is 12.9. The Hall–Kier alpha value is -0.860. The van der Waals surface area contributed by atoms with Crippen molar-refractivity contribution in [1.29, 1.82) is 0 Å². The van der Waals surface area contributed by atoms with Crippen LogP contribution in [0.1, 0.15) is 31.3 Å². The number of hydrogen-bond donors (Lipinski definition) is 0. The highest BCUT2D eigenvalue weighted by Gasteiger charge is 2.24. The number of nitrogens with zero attached hydrogens (tertiary/aromatic N) is 2. The Morgan fingerprint density at radius 1 is 1.67 bits per heavy atom. The van der Waals surface area contributed by atoms with Gasteiger partial charge in [0.1, 0.15) is 12.0 Å². The fourth-order valence-electron chi connectivity index (χ4n) is 1.75. The number of hydrogen-bond acceptors (Lipinski definition) is 1. The molecule has 12 heavy (non-hydrogen) atoms. The third-order valence-corrected chi connectivity index (χ3v) is 2.30. The zero-order valence-corrected chi connectivity index (χ0v) is 7.42. The standard InChI is InChI=1S/C9H13FN2/c1-6(2)9-11-4-8-3-7(10)5-12(8)9/h4,6-7H,3,5H2,1-2H3/t7-/m1/s1. The molecule has 2 nitrogen and oxygen atoms in total. The first-order valence-electron chi connectivity index (χ1n) is 4.37. The summed E-state index contributed by atoms with van der Waals surface area (Å²) < 4.78 is 15.0. The quantitative estimate of drug-likeness (QED) is 0.626. The van der Waals surface area contributed by atoms with Gasteiger partial charge < -0.3 is 4.57 Å². The van der Waals surface area contributed by atoms with Gasteiger partial charge in [0.05, 0.1) is 6.54 Å². The van der Waals surface area contributed by atoms with E-state index in [1.165, 1.54) is 0 Å². The van der Waals surface area contributed by atoms with Crippen LogP contribution in [0.2, 0.25) is 0 Å². The largest absolute Gasteiger partial charge is 0.329 e. The van der Waals surface area contributed by atoms with E-state index >= 15 is 0 Å². The van der Waals surface area contributed by atoms with Crippen LogP contribution in [0.25, 0.3) is 0 Å². The monoisotopic (exact) mass is 168 g/mol. The molecule has 66 valence electrons. The summed E-state index contributed by atoms with van der Waals surface area (Å²) in [6.45, 7) is 4.67. The van der Waals surface area contributed by atoms with Crippen molar-refractivity contribution in [3.8, 4) is 0 Å². The third kappa shape index (κ3) is 1.04. The van der Waals surface area contributed by atoms with E-state index in [1.54, 1.807) is 6.20 Å². The highest BCUT2D eigenvalue weighted by molar-refractivity contribution is 5.13. The molecule has 0 saturated carbocycles. The number of imidazole rings is 1. The van der Waals surface area contributed by atoms with Gasteiger partial charge in [0.25, 0.3) is 0 Å². The van der Waals surface area contributed by atoms with Crippen molar-refractivity contribution in [2.45, 2.75) is 38.9 Å². The summed E-state index contributed by atoms with van der Waals surface area (Å²) in [7, 11) is 0. The van der Waals surface area contributed by atoms with Gasteiger partial charge in [-0.3, -0.25) is 0 Å². The summed E-state index contributed by atoms with van der Waals surface area (Å²) in [5.74, 6) is 1.41. The van der Waals surface area contributed by atoms with E-state index in [0.717, 1.165) is 11.5 Å². The third-order valence-electron chi connectivity index (χ3n) is 2.30. The molecule has 0 aliphatic carbocycles. The van der Waals surface area contributed by atoms with Gasteiger partial charge >= 0.3 is 0 Å². The highest BCUT2D eigenvalue weighted by atomic mass is 19.1. The molecule has 2 heterocycles. The molecular formula is C9H13FN2. The molecule has 0 spiro atoms. The summed E-state index contributed by atoms with van der Waals surface area (Å²) in [6.07, 6.45) is 1.65. The van der Waals surface area contributed by atoms with E-state index in [2.05, 4.69) is 18.8 Å². The summed E-state index contributed by atoms with van der Waals surface area (Å²) in [6, 6.07) is 0. The summed E-state index contributed by atoms with van der Waals surface area (Å²) >= 11 is 0. The predicted molar refractivity (Wildman–Crippen MR) is 44.9 cm³/mol. The Morgan fingerprint density at radius 3 is 3.08 bits per heavy atom. The Morgan fingerprint density at radius 2 is 2.42 bits per heavy atom. The molecular weight excluding hydrogens is 155 g/mol. The van der Waals surface area contributed by atoms with Gasteiger partial charge in [-0.25, -0.2) is 9.37 Å². The number of aromatic nitrogens is 2. The smallest absolute Gasteiger partial charge is 0.123 e. The lowest BCUT2D eigenvalue weighted by Crippen LogP contribution is -2.07. The van der Waals surface area contributed by atoms with Gasteiger partial charge in [-0.15, -0.1) is 0 Å². The Labute approximate surface area is 71.4 Å². The second-order valence-corrected chi connectivity index (χ2v) is 3.67. The molecule has 0 amide bonds. The van der Waals surface area contributed by atoms with Crippen molar-refractivity contribution in [3.05, 3.63) is 17.7 Å². The Bertz CT molecular complexity index is 291. The molecule has 0 N–H and O–H groups in total. The van der Waals surface area contributed by atoms with Crippen LogP contribution >= 0.6 is 0 Å². The molecule has 1 aromatic heterocycles. The van der Waals surface area contributed by atoms with E-state index < -0.39 is 6.17 Å². The van der Waals surface area contributed by atoms with Crippen LogP contribution in [0, 0.1) is 0 Å². The van der Waals surface area contributed by atoms with Crippen LogP contribution in [0.5, 0.6) is 0 Å². The lowest BCUT2D eigenvalue weighted by Gasteiger charge is -2.06. The molecule has 1 atom stereocenters. The van der Waals surface area contributed by atoms with Crippen LogP contribution < -0.4 is 0 Å². The van der Waals surface area contributed by atoms with Gasteiger partial charge in [-0.1, -0.05) is 13.8 Å². The summed E-state index contributed by atoms with van der Waals surface area (Å²) in [5.41, 5.74) is 1.05. The van der Waals surface area contributed by atoms with Crippen molar-refractivity contribution < 1.29 is 4.39 Å². The van der Waals surface area contributed by atoms with Crippen LogP contribution in [-0.4, -0.2) is 15.7 Å². The molecule has 0 bridgehead atoms. The van der Waals surface area contributed by atoms with Crippen molar-refractivity contribution in [3.63, 3.8) is 0 Å². The zero-order chi connectivity index (χ0) is 8.72. The second-order valence-electron chi connectivity index (χ2n) is 3.67. The maximum Gasteiger partial charge on any atom is 0.123 e. The molecule has 3 heteroatoms. The first-order valence-corrected chi connectivity index (χ1v) is 4.37. The molecule has 0 radical (unpaired) electrons. The predicted octanol–water partition coefficient (Wildman–Crippen LogP) is 1.90. The number of fused-ring (bicyclic) bond motifs is 1. The Kier molecular flexibility index (Phi) is 1.67. The van der Waals surface area contributed by atoms with Gasteiger partial charge in [0, 0.05) is 24.2 Å². The average Bonchev–Trinajstić information content (AvgIpc) is 2.43. The lowest BCUT2D eigenvalue weighted by molar-refractivity contribution is 0.325. The fourth-order valence-corrected chi connectivity index (χ4v) is 1.75. The second kappa shape index (κ2) is 2.57. The van der Waals surface area contributed by atoms with Crippen LogP contribution in [0.15, 0.2) is 6.20 Å². The van der Waals surface area contributed by atoms with Crippen LogP contribution in [0.4, 0.5) is 4.39 Å². The first-order chi connectivity index (χ1) is 5.68. The van der Waals surface area contributed by atoms with Gasteiger partial charge in [-0.05, 0) is 0 Å². The van der Waals surface area contributed by atoms with Crippen molar-refractivity contribution in [2.24, 2.45) is 0 Å². The molecule has 0 saturated heterocycles. The minimum atomic E-state index is -0.694. The lowest BCUT2D eigenvalue weighted by atomic mass is 10.2. The van der Waals surface area contributed by atoms with E-state index in [0.29, 0.717) is 18.9 Å². The van der Waals surface area contributed by atoms with E-state index in [1.807, 2.05) is 4.57 Å². The van der Waals surface area contributed by atoms with Crippen molar-refractivity contribution in [2.75, 3.05) is 0 Å². The van der Waals surface area contributed by atoms with Gasteiger partial charge in [-0.2, -0.15) is 0 Å². The van der Waals surface area contributed by atoms with E-state index in [-0.39, 0.29) is 0 Å². The molecule has 0 fully saturated rings. The molecule has 1 aliphatic rings. The number of halogens is 1. The van der Waals surface area contributed by atoms with Gasteiger partial charge in [0.2, 0.25) is 0 Å². The molecule has 1 aromatic rings. The summed E-state index contributed by atoms with van der Waals surface area (Å²) in [4.78, 5) is 4.27. The van der Waals surface area contributed by atoms with Crippen LogP contribution in [-0.2, 0) is 13.0 Å². The number of rotatable bonds is 1. The zero-order valence-electron chi connectivity index (χ0n) is 7.42. The van der Waals surface area contributed by atoms with Crippen LogP contribution in [0.3, 0.4) is 0 Å². The minimum Gasteiger partial charge on any atom is -0.329 e. The molecule has 0 aromatic carbocycles. The highest BCUT2D eigenvalue weighted by Crippen LogP contribution is 2.23. The summed E-state index contributed by atoms with van der Waals surface area (Å²) in [5, 5.41) is 0. The SMILES string of the molecule is CC(C)c1ncc2n1C[C@H](F)C2. The molecule has 2 rings (SSSR count). The van der Waals surface area contributed by atoms with Gasteiger partial charge in [0.15, 0.2) is 0 Å². The minimum absolute atomic E-state index is 0.393. The number of alkyl halides is 1. The first kappa shape index (κ1) is 7.77. The van der Waals surface area contributed by atoms with Crippen molar-refractivity contribution >= 4 is 0 Å². The topological polar surface area (TPSA) is 17.8 Å². The fraction of sp³-hybridized carbons (Fsp3) is 0.667. The molecule has 0 unspecified atom stereocenters. The van der Waals surface area contributed by atoms with E-state index in [4.69, 9.17) is 0 Å². The normalized spacial score (nSPS) is 21.8. The maximum atomic E-state index is 12.9.